The summed E-state index contributed by atoms with van der Waals surface area (Å²) in [7, 11) is 0. The lowest BCUT2D eigenvalue weighted by molar-refractivity contribution is -0.146. The zero-order chi connectivity index (χ0) is 9.68. The van der Waals surface area contributed by atoms with Crippen LogP contribution in [0.3, 0.4) is 0 Å². The molecule has 0 spiro atoms. The highest BCUT2D eigenvalue weighted by Gasteiger charge is 2.33. The van der Waals surface area contributed by atoms with E-state index in [0.29, 0.717) is 25.6 Å². The van der Waals surface area contributed by atoms with E-state index in [4.69, 9.17) is 9.47 Å². The number of carbonyl (C=O) groups is 1. The molecule has 13 heavy (non-hydrogen) atoms. The van der Waals surface area contributed by atoms with Gasteiger partial charge >= 0.3 is 5.97 Å². The third-order valence-corrected chi connectivity index (χ3v) is 2.20. The Morgan fingerprint density at radius 3 is 2.54 bits per heavy atom. The first-order chi connectivity index (χ1) is 6.27. The second-order valence-corrected chi connectivity index (χ2v) is 3.34. The molecule has 0 aromatic carbocycles. The van der Waals surface area contributed by atoms with Crippen LogP contribution in [0.25, 0.3) is 0 Å². The molecule has 1 unspecified atom stereocenters. The van der Waals surface area contributed by atoms with Gasteiger partial charge in [-0.2, -0.15) is 0 Å². The first-order valence-corrected chi connectivity index (χ1v) is 5.05. The summed E-state index contributed by atoms with van der Waals surface area (Å²) in [4.78, 5) is 11.2. The summed E-state index contributed by atoms with van der Waals surface area (Å²) in [6, 6.07) is 0. The summed E-state index contributed by atoms with van der Waals surface area (Å²) in [5, 5.41) is 0. The molecule has 0 aromatic heterocycles. The van der Waals surface area contributed by atoms with Gasteiger partial charge in [-0.05, 0) is 32.6 Å². The summed E-state index contributed by atoms with van der Waals surface area (Å²) in [5.74, 6) is 0.470. The van der Waals surface area contributed by atoms with Crippen LogP contribution in [-0.4, -0.2) is 25.3 Å². The standard InChI is InChI=1S/C10H18O3/c1-3-12-9(8-5-6-8)7-10(11)13-4-2/h8-9H,3-7H2,1-2H3. The summed E-state index contributed by atoms with van der Waals surface area (Å²) < 4.78 is 10.4. The van der Waals surface area contributed by atoms with E-state index in [9.17, 15) is 4.79 Å². The quantitative estimate of drug-likeness (QED) is 0.593. The largest absolute Gasteiger partial charge is 0.466 e. The minimum Gasteiger partial charge on any atom is -0.466 e. The van der Waals surface area contributed by atoms with Crippen LogP contribution in [0.4, 0.5) is 0 Å². The SMILES string of the molecule is CCOC(=O)CC(OCC)C1CC1. The van der Waals surface area contributed by atoms with Crippen LogP contribution in [-0.2, 0) is 14.3 Å². The van der Waals surface area contributed by atoms with Crippen LogP contribution in [0.15, 0.2) is 0 Å². The van der Waals surface area contributed by atoms with Crippen molar-refractivity contribution in [2.24, 2.45) is 5.92 Å². The molecule has 3 heteroatoms. The molecule has 1 aliphatic rings. The highest BCUT2D eigenvalue weighted by molar-refractivity contribution is 5.70. The zero-order valence-electron chi connectivity index (χ0n) is 8.41. The molecule has 0 N–H and O–H groups in total. The molecule has 0 heterocycles. The molecule has 1 fully saturated rings. The minimum absolute atomic E-state index is 0.101. The lowest BCUT2D eigenvalue weighted by Crippen LogP contribution is -2.21. The smallest absolute Gasteiger partial charge is 0.308 e. The van der Waals surface area contributed by atoms with E-state index in [2.05, 4.69) is 0 Å². The molecular formula is C10H18O3. The number of carbonyl (C=O) groups excluding carboxylic acids is 1. The molecule has 0 aromatic rings. The van der Waals surface area contributed by atoms with Gasteiger partial charge in [0.1, 0.15) is 0 Å². The molecule has 76 valence electrons. The molecule has 1 atom stereocenters. The zero-order valence-corrected chi connectivity index (χ0v) is 8.41. The molecule has 1 aliphatic carbocycles. The van der Waals surface area contributed by atoms with Gasteiger partial charge < -0.3 is 9.47 Å². The van der Waals surface area contributed by atoms with Gasteiger partial charge in [-0.1, -0.05) is 0 Å². The minimum atomic E-state index is -0.132. The van der Waals surface area contributed by atoms with E-state index in [0.717, 1.165) is 0 Å². The first kappa shape index (κ1) is 10.5. The summed E-state index contributed by atoms with van der Waals surface area (Å²) in [6.45, 7) is 4.92. The number of esters is 1. The summed E-state index contributed by atoms with van der Waals surface area (Å²) in [6.07, 6.45) is 2.92. The average molecular weight is 186 g/mol. The second kappa shape index (κ2) is 5.22. The molecule has 1 rings (SSSR count). The van der Waals surface area contributed by atoms with Crippen molar-refractivity contribution in [3.63, 3.8) is 0 Å². The first-order valence-electron chi connectivity index (χ1n) is 5.05. The average Bonchev–Trinajstić information content (AvgIpc) is 2.86. The van der Waals surface area contributed by atoms with Crippen LogP contribution in [0.2, 0.25) is 0 Å². The summed E-state index contributed by atoms with van der Waals surface area (Å²) >= 11 is 0. The van der Waals surface area contributed by atoms with Gasteiger partial charge in [-0.3, -0.25) is 4.79 Å². The predicted molar refractivity (Wildman–Crippen MR) is 49.4 cm³/mol. The fraction of sp³-hybridized carbons (Fsp3) is 0.900. The Hall–Kier alpha value is -0.570. The Morgan fingerprint density at radius 2 is 2.08 bits per heavy atom. The van der Waals surface area contributed by atoms with Crippen molar-refractivity contribution < 1.29 is 14.3 Å². The van der Waals surface area contributed by atoms with E-state index in [1.54, 1.807) is 0 Å². The van der Waals surface area contributed by atoms with Gasteiger partial charge in [-0.15, -0.1) is 0 Å². The van der Waals surface area contributed by atoms with Crippen molar-refractivity contribution in [1.29, 1.82) is 0 Å². The molecule has 3 nitrogen and oxygen atoms in total. The fourth-order valence-corrected chi connectivity index (χ4v) is 1.43. The van der Waals surface area contributed by atoms with E-state index < -0.39 is 0 Å². The number of hydrogen-bond donors (Lipinski definition) is 0. The molecule has 0 aliphatic heterocycles. The molecule has 0 bridgehead atoms. The Morgan fingerprint density at radius 1 is 1.38 bits per heavy atom. The van der Waals surface area contributed by atoms with Crippen molar-refractivity contribution in [3.05, 3.63) is 0 Å². The third kappa shape index (κ3) is 3.77. The Balaban J connectivity index is 2.24. The van der Waals surface area contributed by atoms with Crippen LogP contribution >= 0.6 is 0 Å². The highest BCUT2D eigenvalue weighted by Crippen LogP contribution is 2.35. The van der Waals surface area contributed by atoms with Crippen LogP contribution in [0.5, 0.6) is 0 Å². The van der Waals surface area contributed by atoms with Crippen molar-refractivity contribution in [1.82, 2.24) is 0 Å². The van der Waals surface area contributed by atoms with E-state index >= 15 is 0 Å². The second-order valence-electron chi connectivity index (χ2n) is 3.34. The monoisotopic (exact) mass is 186 g/mol. The van der Waals surface area contributed by atoms with Crippen LogP contribution < -0.4 is 0 Å². The van der Waals surface area contributed by atoms with E-state index in [1.165, 1.54) is 12.8 Å². The number of ether oxygens (including phenoxy) is 2. The predicted octanol–water partition coefficient (Wildman–Crippen LogP) is 1.75. The fourth-order valence-electron chi connectivity index (χ4n) is 1.43. The number of hydrogen-bond acceptors (Lipinski definition) is 3. The van der Waals surface area contributed by atoms with Crippen molar-refractivity contribution in [2.75, 3.05) is 13.2 Å². The van der Waals surface area contributed by atoms with Gasteiger partial charge in [0.2, 0.25) is 0 Å². The Bertz CT molecular complexity index is 164. The maximum Gasteiger partial charge on any atom is 0.308 e. The van der Waals surface area contributed by atoms with Crippen molar-refractivity contribution >= 4 is 5.97 Å². The van der Waals surface area contributed by atoms with Gasteiger partial charge in [-0.25, -0.2) is 0 Å². The normalized spacial score (nSPS) is 18.3. The Kier molecular flexibility index (Phi) is 4.22. The third-order valence-electron chi connectivity index (χ3n) is 2.20. The molecule has 0 radical (unpaired) electrons. The van der Waals surface area contributed by atoms with Gasteiger partial charge in [0.05, 0.1) is 19.1 Å². The highest BCUT2D eigenvalue weighted by atomic mass is 16.5. The number of rotatable bonds is 6. The lowest BCUT2D eigenvalue weighted by Gasteiger charge is -2.14. The maximum atomic E-state index is 11.2. The van der Waals surface area contributed by atoms with E-state index in [1.807, 2.05) is 13.8 Å². The maximum absolute atomic E-state index is 11.2. The molecule has 0 amide bonds. The van der Waals surface area contributed by atoms with E-state index in [-0.39, 0.29) is 12.1 Å². The van der Waals surface area contributed by atoms with Crippen molar-refractivity contribution in [2.45, 2.75) is 39.2 Å². The molecule has 1 saturated carbocycles. The molecular weight excluding hydrogens is 168 g/mol. The molecule has 0 saturated heterocycles. The Labute approximate surface area is 79.4 Å². The summed E-state index contributed by atoms with van der Waals surface area (Å²) in [5.41, 5.74) is 0. The van der Waals surface area contributed by atoms with Gasteiger partial charge in [0.15, 0.2) is 0 Å². The lowest BCUT2D eigenvalue weighted by atomic mass is 10.1. The van der Waals surface area contributed by atoms with Gasteiger partial charge in [0, 0.05) is 6.61 Å². The van der Waals surface area contributed by atoms with Gasteiger partial charge in [0.25, 0.3) is 0 Å². The topological polar surface area (TPSA) is 35.5 Å². The van der Waals surface area contributed by atoms with Crippen molar-refractivity contribution in [3.8, 4) is 0 Å². The van der Waals surface area contributed by atoms with Crippen LogP contribution in [0.1, 0.15) is 33.1 Å². The van der Waals surface area contributed by atoms with Crippen LogP contribution in [0, 0.1) is 5.92 Å².